The van der Waals surface area contributed by atoms with Crippen LogP contribution in [0.1, 0.15) is 11.3 Å². The molecular formula is C15H16BrN2O+. The molecule has 0 saturated heterocycles. The average Bonchev–Trinajstić information content (AvgIpc) is 2.37. The number of aryl methyl sites for hydroxylation is 2. The number of amides is 1. The Balaban J connectivity index is 2.05. The number of pyridine rings is 1. The first-order valence-corrected chi connectivity index (χ1v) is 6.86. The van der Waals surface area contributed by atoms with Crippen LogP contribution >= 0.6 is 15.9 Å². The van der Waals surface area contributed by atoms with Gasteiger partial charge < -0.3 is 5.32 Å². The van der Waals surface area contributed by atoms with Gasteiger partial charge in [0, 0.05) is 29.2 Å². The molecule has 1 N–H and O–H groups in total. The summed E-state index contributed by atoms with van der Waals surface area (Å²) >= 11 is 3.44. The van der Waals surface area contributed by atoms with Crippen LogP contribution in [-0.4, -0.2) is 5.91 Å². The van der Waals surface area contributed by atoms with Crippen LogP contribution in [0.2, 0.25) is 0 Å². The van der Waals surface area contributed by atoms with Gasteiger partial charge in [0.25, 0.3) is 5.91 Å². The van der Waals surface area contributed by atoms with Crippen molar-refractivity contribution in [2.45, 2.75) is 20.4 Å². The van der Waals surface area contributed by atoms with Crippen LogP contribution < -0.4 is 9.88 Å². The largest absolute Gasteiger partial charge is 0.321 e. The van der Waals surface area contributed by atoms with E-state index in [9.17, 15) is 4.79 Å². The molecule has 0 aliphatic carbocycles. The highest BCUT2D eigenvalue weighted by Crippen LogP contribution is 2.19. The van der Waals surface area contributed by atoms with E-state index in [0.29, 0.717) is 6.54 Å². The molecule has 0 atom stereocenters. The third kappa shape index (κ3) is 3.64. The summed E-state index contributed by atoms with van der Waals surface area (Å²) in [6.07, 6.45) is 1.90. The maximum atomic E-state index is 12.0. The van der Waals surface area contributed by atoms with E-state index in [1.54, 1.807) is 0 Å². The fourth-order valence-electron chi connectivity index (χ4n) is 1.82. The summed E-state index contributed by atoms with van der Waals surface area (Å²) in [6, 6.07) is 11.6. The van der Waals surface area contributed by atoms with E-state index in [2.05, 4.69) is 21.2 Å². The molecule has 1 aromatic heterocycles. The number of halogens is 1. The summed E-state index contributed by atoms with van der Waals surface area (Å²) in [5, 5.41) is 2.91. The van der Waals surface area contributed by atoms with Crippen LogP contribution in [0.4, 0.5) is 5.69 Å². The summed E-state index contributed by atoms with van der Waals surface area (Å²) in [6.45, 7) is 4.30. The smallest absolute Gasteiger partial charge is 0.290 e. The molecule has 19 heavy (non-hydrogen) atoms. The van der Waals surface area contributed by atoms with Gasteiger partial charge in [-0.15, -0.1) is 0 Å². The van der Waals surface area contributed by atoms with Gasteiger partial charge >= 0.3 is 0 Å². The van der Waals surface area contributed by atoms with Gasteiger partial charge in [0.15, 0.2) is 11.9 Å². The quantitative estimate of drug-likeness (QED) is 0.867. The Labute approximate surface area is 121 Å². The standard InChI is InChI=1S/C15H15BrN2O/c1-11-9-13(6-7-14(11)16)17-15(19)10-18-8-4-3-5-12(18)2/h3-9H,10H2,1-2H3/p+1. The molecule has 0 unspecified atom stereocenters. The maximum Gasteiger partial charge on any atom is 0.290 e. The lowest BCUT2D eigenvalue weighted by atomic mass is 10.2. The fraction of sp³-hybridized carbons (Fsp3) is 0.200. The minimum absolute atomic E-state index is 0.0268. The molecule has 2 rings (SSSR count). The van der Waals surface area contributed by atoms with E-state index in [-0.39, 0.29) is 5.91 Å². The highest BCUT2D eigenvalue weighted by molar-refractivity contribution is 9.10. The number of nitrogens with zero attached hydrogens (tertiary/aromatic N) is 1. The monoisotopic (exact) mass is 319 g/mol. The van der Waals surface area contributed by atoms with Gasteiger partial charge in [-0.1, -0.05) is 22.0 Å². The lowest BCUT2D eigenvalue weighted by Gasteiger charge is -2.06. The van der Waals surface area contributed by atoms with Crippen molar-refractivity contribution < 1.29 is 9.36 Å². The maximum absolute atomic E-state index is 12.0. The fourth-order valence-corrected chi connectivity index (χ4v) is 2.06. The van der Waals surface area contributed by atoms with Gasteiger partial charge in [-0.05, 0) is 30.7 Å². The first-order valence-electron chi connectivity index (χ1n) is 6.07. The van der Waals surface area contributed by atoms with Crippen LogP contribution in [0, 0.1) is 13.8 Å². The third-order valence-electron chi connectivity index (χ3n) is 2.92. The number of anilines is 1. The van der Waals surface area contributed by atoms with Gasteiger partial charge in [-0.2, -0.15) is 4.57 Å². The Morgan fingerprint density at radius 3 is 2.74 bits per heavy atom. The SMILES string of the molecule is Cc1cc(NC(=O)C[n+]2ccccc2C)ccc1Br. The Morgan fingerprint density at radius 2 is 2.05 bits per heavy atom. The number of benzene rings is 1. The van der Waals surface area contributed by atoms with Gasteiger partial charge in [-0.25, -0.2) is 0 Å². The van der Waals surface area contributed by atoms with Crippen LogP contribution in [0.25, 0.3) is 0 Å². The second kappa shape index (κ2) is 5.97. The molecular weight excluding hydrogens is 304 g/mol. The molecule has 1 amide bonds. The first kappa shape index (κ1) is 13.7. The van der Waals surface area contributed by atoms with Gasteiger partial charge in [0.05, 0.1) is 0 Å². The normalized spacial score (nSPS) is 10.3. The second-order valence-corrected chi connectivity index (χ2v) is 5.34. The number of hydrogen-bond acceptors (Lipinski definition) is 1. The van der Waals surface area contributed by atoms with E-state index in [0.717, 1.165) is 21.4 Å². The highest BCUT2D eigenvalue weighted by atomic mass is 79.9. The lowest BCUT2D eigenvalue weighted by molar-refractivity contribution is -0.690. The van der Waals surface area contributed by atoms with Gasteiger partial charge in [0.1, 0.15) is 0 Å². The molecule has 1 heterocycles. The number of carbonyl (C=O) groups is 1. The van der Waals surface area contributed by atoms with Crippen molar-refractivity contribution in [3.63, 3.8) is 0 Å². The summed E-state index contributed by atoms with van der Waals surface area (Å²) in [5.74, 6) is -0.0268. The molecule has 0 saturated carbocycles. The zero-order chi connectivity index (χ0) is 13.8. The molecule has 3 nitrogen and oxygen atoms in total. The molecule has 0 radical (unpaired) electrons. The Bertz CT molecular complexity index is 611. The van der Waals surface area contributed by atoms with E-state index in [1.165, 1.54) is 0 Å². The van der Waals surface area contributed by atoms with Gasteiger partial charge in [0.2, 0.25) is 6.54 Å². The predicted molar refractivity (Wildman–Crippen MR) is 78.9 cm³/mol. The summed E-state index contributed by atoms with van der Waals surface area (Å²) in [4.78, 5) is 12.0. The molecule has 0 spiro atoms. The van der Waals surface area contributed by atoms with Crippen molar-refractivity contribution in [1.29, 1.82) is 0 Å². The van der Waals surface area contributed by atoms with E-state index in [1.807, 2.05) is 61.0 Å². The minimum atomic E-state index is -0.0268. The molecule has 0 aliphatic heterocycles. The number of nitrogens with one attached hydrogen (secondary N) is 1. The van der Waals surface area contributed by atoms with Crippen LogP contribution in [-0.2, 0) is 11.3 Å². The molecule has 0 aliphatic rings. The molecule has 2 aromatic rings. The molecule has 4 heteroatoms. The third-order valence-corrected chi connectivity index (χ3v) is 3.81. The van der Waals surface area contributed by atoms with Crippen molar-refractivity contribution >= 4 is 27.5 Å². The van der Waals surface area contributed by atoms with Crippen LogP contribution in [0.3, 0.4) is 0 Å². The number of hydrogen-bond donors (Lipinski definition) is 1. The number of aromatic nitrogens is 1. The lowest BCUT2D eigenvalue weighted by Crippen LogP contribution is -2.42. The predicted octanol–water partition coefficient (Wildman–Crippen LogP) is 2.99. The Morgan fingerprint density at radius 1 is 1.26 bits per heavy atom. The topological polar surface area (TPSA) is 33.0 Å². The Hall–Kier alpha value is -1.68. The van der Waals surface area contributed by atoms with Crippen molar-refractivity contribution in [3.05, 3.63) is 58.3 Å². The first-order chi connectivity index (χ1) is 9.06. The number of carbonyl (C=O) groups excluding carboxylic acids is 1. The minimum Gasteiger partial charge on any atom is -0.321 e. The highest BCUT2D eigenvalue weighted by Gasteiger charge is 2.11. The van der Waals surface area contributed by atoms with Crippen molar-refractivity contribution in [2.75, 3.05) is 5.32 Å². The second-order valence-electron chi connectivity index (χ2n) is 4.48. The van der Waals surface area contributed by atoms with Crippen molar-refractivity contribution in [3.8, 4) is 0 Å². The van der Waals surface area contributed by atoms with E-state index in [4.69, 9.17) is 0 Å². The summed E-state index contributed by atoms with van der Waals surface area (Å²) in [5.41, 5.74) is 2.98. The number of rotatable bonds is 3. The Kier molecular flexibility index (Phi) is 4.32. The van der Waals surface area contributed by atoms with Crippen LogP contribution in [0.5, 0.6) is 0 Å². The van der Waals surface area contributed by atoms with Gasteiger partial charge in [-0.3, -0.25) is 4.79 Å². The summed E-state index contributed by atoms with van der Waals surface area (Å²) in [7, 11) is 0. The van der Waals surface area contributed by atoms with E-state index >= 15 is 0 Å². The average molecular weight is 320 g/mol. The van der Waals surface area contributed by atoms with Crippen LogP contribution in [0.15, 0.2) is 47.1 Å². The molecule has 0 fully saturated rings. The van der Waals surface area contributed by atoms with Crippen molar-refractivity contribution in [2.24, 2.45) is 0 Å². The summed E-state index contributed by atoms with van der Waals surface area (Å²) < 4.78 is 2.96. The zero-order valence-electron chi connectivity index (χ0n) is 11.0. The molecule has 1 aromatic carbocycles. The molecule has 0 bridgehead atoms. The van der Waals surface area contributed by atoms with Crippen molar-refractivity contribution in [1.82, 2.24) is 0 Å². The van der Waals surface area contributed by atoms with E-state index < -0.39 is 0 Å². The zero-order valence-corrected chi connectivity index (χ0v) is 12.6. The molecule has 98 valence electrons.